The standard InChI is InChI=1S/C17H16Cl2N2O2S/c1-23-15-6-2-12(3-7-15)10-24-11-17(22)21-20-9-13-4-5-14(18)8-16(13)19/h2-9H,10-11H2,1H3,(H,21,22)/b20-9-. The van der Waals surface area contributed by atoms with E-state index in [9.17, 15) is 4.79 Å². The lowest BCUT2D eigenvalue weighted by molar-refractivity contribution is -0.118. The summed E-state index contributed by atoms with van der Waals surface area (Å²) in [7, 11) is 1.63. The number of halogens is 2. The smallest absolute Gasteiger partial charge is 0.250 e. The fraction of sp³-hybridized carbons (Fsp3) is 0.176. The third kappa shape index (κ3) is 6.07. The third-order valence-electron chi connectivity index (χ3n) is 3.02. The average Bonchev–Trinajstić information content (AvgIpc) is 2.57. The summed E-state index contributed by atoms with van der Waals surface area (Å²) in [6.45, 7) is 0. The Hall–Kier alpha value is -1.69. The molecule has 0 aromatic heterocycles. The quantitative estimate of drug-likeness (QED) is 0.570. The summed E-state index contributed by atoms with van der Waals surface area (Å²) >= 11 is 13.3. The highest BCUT2D eigenvalue weighted by atomic mass is 35.5. The molecular formula is C17H16Cl2N2O2S. The Morgan fingerprint density at radius 1 is 1.25 bits per heavy atom. The zero-order chi connectivity index (χ0) is 17.4. The van der Waals surface area contributed by atoms with Gasteiger partial charge in [-0.15, -0.1) is 11.8 Å². The topological polar surface area (TPSA) is 50.7 Å². The van der Waals surface area contributed by atoms with E-state index in [4.69, 9.17) is 27.9 Å². The first-order valence-corrected chi connectivity index (χ1v) is 8.97. The maximum absolute atomic E-state index is 11.7. The molecule has 0 spiro atoms. The van der Waals surface area contributed by atoms with Crippen molar-refractivity contribution >= 4 is 47.1 Å². The van der Waals surface area contributed by atoms with Crippen LogP contribution in [-0.4, -0.2) is 25.0 Å². The number of benzene rings is 2. The minimum atomic E-state index is -0.171. The van der Waals surface area contributed by atoms with Crippen molar-refractivity contribution in [3.8, 4) is 5.75 Å². The summed E-state index contributed by atoms with van der Waals surface area (Å²) < 4.78 is 5.10. The van der Waals surface area contributed by atoms with Gasteiger partial charge in [0.25, 0.3) is 0 Å². The normalized spacial score (nSPS) is 10.8. The maximum Gasteiger partial charge on any atom is 0.250 e. The van der Waals surface area contributed by atoms with Crippen LogP contribution in [0.1, 0.15) is 11.1 Å². The van der Waals surface area contributed by atoms with E-state index < -0.39 is 0 Å². The molecule has 0 unspecified atom stereocenters. The van der Waals surface area contributed by atoms with Crippen LogP contribution in [0, 0.1) is 0 Å². The van der Waals surface area contributed by atoms with Gasteiger partial charge in [-0.05, 0) is 29.8 Å². The van der Waals surface area contributed by atoms with Crippen molar-refractivity contribution in [1.82, 2.24) is 5.43 Å². The molecule has 2 aromatic rings. The Kier molecular flexibility index (Phi) is 7.43. The maximum atomic E-state index is 11.7. The van der Waals surface area contributed by atoms with Gasteiger partial charge < -0.3 is 4.74 Å². The number of hydrogen-bond acceptors (Lipinski definition) is 4. The molecule has 0 radical (unpaired) electrons. The summed E-state index contributed by atoms with van der Waals surface area (Å²) in [4.78, 5) is 11.7. The van der Waals surface area contributed by atoms with Gasteiger partial charge in [-0.25, -0.2) is 5.43 Å². The first-order valence-electron chi connectivity index (χ1n) is 7.06. The molecule has 0 aliphatic heterocycles. The minimum Gasteiger partial charge on any atom is -0.497 e. The predicted octanol–water partition coefficient (Wildman–Crippen LogP) is 4.39. The summed E-state index contributed by atoms with van der Waals surface area (Å²) in [5, 5.41) is 4.93. The van der Waals surface area contributed by atoms with Crippen LogP contribution >= 0.6 is 35.0 Å². The van der Waals surface area contributed by atoms with E-state index in [0.717, 1.165) is 17.1 Å². The number of nitrogens with zero attached hydrogens (tertiary/aromatic N) is 1. The second kappa shape index (κ2) is 9.57. The van der Waals surface area contributed by atoms with Crippen molar-refractivity contribution in [2.75, 3.05) is 12.9 Å². The summed E-state index contributed by atoms with van der Waals surface area (Å²) in [6, 6.07) is 12.8. The molecule has 0 bridgehead atoms. The number of hydrazone groups is 1. The molecule has 1 amide bonds. The number of nitrogens with one attached hydrogen (secondary N) is 1. The van der Waals surface area contributed by atoms with Gasteiger partial charge in [-0.3, -0.25) is 4.79 Å². The van der Waals surface area contributed by atoms with Crippen LogP contribution in [0.4, 0.5) is 0 Å². The van der Waals surface area contributed by atoms with E-state index in [-0.39, 0.29) is 5.91 Å². The van der Waals surface area contributed by atoms with Crippen molar-refractivity contribution < 1.29 is 9.53 Å². The molecule has 24 heavy (non-hydrogen) atoms. The first kappa shape index (κ1) is 18.6. The number of amides is 1. The van der Waals surface area contributed by atoms with Gasteiger partial charge in [0.15, 0.2) is 0 Å². The van der Waals surface area contributed by atoms with E-state index in [2.05, 4.69) is 10.5 Å². The molecule has 0 heterocycles. The van der Waals surface area contributed by atoms with Crippen LogP contribution in [0.2, 0.25) is 10.0 Å². The molecular weight excluding hydrogens is 367 g/mol. The molecule has 1 N–H and O–H groups in total. The van der Waals surface area contributed by atoms with Crippen molar-refractivity contribution in [1.29, 1.82) is 0 Å². The molecule has 0 aliphatic rings. The lowest BCUT2D eigenvalue weighted by Crippen LogP contribution is -2.19. The lowest BCUT2D eigenvalue weighted by Gasteiger charge is -2.03. The SMILES string of the molecule is COc1ccc(CSCC(=O)N/N=C\c2ccc(Cl)cc2Cl)cc1. The van der Waals surface area contributed by atoms with E-state index in [1.165, 1.54) is 18.0 Å². The van der Waals surface area contributed by atoms with E-state index >= 15 is 0 Å². The fourth-order valence-corrected chi connectivity index (χ4v) is 3.03. The second-order valence-electron chi connectivity index (χ2n) is 4.80. The van der Waals surface area contributed by atoms with Crippen molar-refractivity contribution in [3.05, 3.63) is 63.6 Å². The fourth-order valence-electron chi connectivity index (χ4n) is 1.80. The van der Waals surface area contributed by atoms with Gasteiger partial charge in [-0.2, -0.15) is 5.10 Å². The highest BCUT2D eigenvalue weighted by Gasteiger charge is 2.02. The Morgan fingerprint density at radius 3 is 2.67 bits per heavy atom. The van der Waals surface area contributed by atoms with Crippen LogP contribution in [0.3, 0.4) is 0 Å². The van der Waals surface area contributed by atoms with E-state index in [1.807, 2.05) is 24.3 Å². The Labute approximate surface area is 155 Å². The van der Waals surface area contributed by atoms with E-state index in [1.54, 1.807) is 25.3 Å². The zero-order valence-electron chi connectivity index (χ0n) is 13.0. The van der Waals surface area contributed by atoms with Gasteiger partial charge in [-0.1, -0.05) is 41.4 Å². The molecule has 0 saturated carbocycles. The largest absolute Gasteiger partial charge is 0.497 e. The van der Waals surface area contributed by atoms with Gasteiger partial charge in [0.05, 0.1) is 24.1 Å². The van der Waals surface area contributed by atoms with Crippen LogP contribution in [-0.2, 0) is 10.5 Å². The number of rotatable bonds is 7. The number of methoxy groups -OCH3 is 1. The third-order valence-corrected chi connectivity index (χ3v) is 4.58. The molecule has 7 heteroatoms. The summed E-state index contributed by atoms with van der Waals surface area (Å²) in [6.07, 6.45) is 1.49. The molecule has 0 fully saturated rings. The predicted molar refractivity (Wildman–Crippen MR) is 101 cm³/mol. The number of carbonyl (C=O) groups excluding carboxylic acids is 1. The number of carbonyl (C=O) groups is 1. The first-order chi connectivity index (χ1) is 11.6. The van der Waals surface area contributed by atoms with Crippen LogP contribution < -0.4 is 10.2 Å². The zero-order valence-corrected chi connectivity index (χ0v) is 15.3. The van der Waals surface area contributed by atoms with Crippen LogP contribution in [0.25, 0.3) is 0 Å². The van der Waals surface area contributed by atoms with Gasteiger partial charge in [0.2, 0.25) is 5.91 Å². The van der Waals surface area contributed by atoms with Gasteiger partial charge in [0.1, 0.15) is 5.75 Å². The second-order valence-corrected chi connectivity index (χ2v) is 6.63. The Balaban J connectivity index is 1.73. The number of ether oxygens (including phenoxy) is 1. The molecule has 2 aromatic carbocycles. The Morgan fingerprint density at radius 2 is 2.00 bits per heavy atom. The van der Waals surface area contributed by atoms with Crippen molar-refractivity contribution in [2.45, 2.75) is 5.75 Å². The highest BCUT2D eigenvalue weighted by Crippen LogP contribution is 2.19. The number of thioether (sulfide) groups is 1. The van der Waals surface area contributed by atoms with Crippen LogP contribution in [0.5, 0.6) is 5.75 Å². The lowest BCUT2D eigenvalue weighted by atomic mass is 10.2. The van der Waals surface area contributed by atoms with Gasteiger partial charge >= 0.3 is 0 Å². The molecule has 0 aliphatic carbocycles. The highest BCUT2D eigenvalue weighted by molar-refractivity contribution is 7.99. The number of hydrogen-bond donors (Lipinski definition) is 1. The molecule has 0 atom stereocenters. The van der Waals surface area contributed by atoms with E-state index in [0.29, 0.717) is 21.4 Å². The molecule has 0 saturated heterocycles. The molecule has 2 rings (SSSR count). The average molecular weight is 383 g/mol. The summed E-state index contributed by atoms with van der Waals surface area (Å²) in [5.74, 6) is 1.70. The molecule has 4 nitrogen and oxygen atoms in total. The minimum absolute atomic E-state index is 0.171. The molecule has 126 valence electrons. The van der Waals surface area contributed by atoms with Gasteiger partial charge in [0, 0.05) is 16.3 Å². The van der Waals surface area contributed by atoms with Crippen molar-refractivity contribution in [3.63, 3.8) is 0 Å². The monoisotopic (exact) mass is 382 g/mol. The van der Waals surface area contributed by atoms with Crippen molar-refractivity contribution in [2.24, 2.45) is 5.10 Å². The Bertz CT molecular complexity index is 721. The van der Waals surface area contributed by atoms with Crippen LogP contribution in [0.15, 0.2) is 47.6 Å². The summed E-state index contributed by atoms with van der Waals surface area (Å²) in [5.41, 5.74) is 4.29.